The van der Waals surface area contributed by atoms with Gasteiger partial charge in [0.05, 0.1) is 12.2 Å². The van der Waals surface area contributed by atoms with E-state index in [0.717, 1.165) is 0 Å². The van der Waals surface area contributed by atoms with Crippen LogP contribution in [0.4, 0.5) is 0 Å². The van der Waals surface area contributed by atoms with E-state index < -0.39 is 7.82 Å². The van der Waals surface area contributed by atoms with Crippen LogP contribution in [0.2, 0.25) is 0 Å². The Morgan fingerprint density at radius 3 is 1.64 bits per heavy atom. The van der Waals surface area contributed by atoms with Gasteiger partial charge in [-0.05, 0) is 26.7 Å². The second kappa shape index (κ2) is 7.95. The molecule has 4 nitrogen and oxygen atoms in total. The van der Waals surface area contributed by atoms with Crippen LogP contribution in [0.3, 0.4) is 0 Å². The van der Waals surface area contributed by atoms with Crippen LogP contribution in [-0.4, -0.2) is 17.1 Å². The molecular formula is C8H19O4PZn. The third-order valence-electron chi connectivity index (χ3n) is 1.78. The van der Waals surface area contributed by atoms with Crippen LogP contribution in [-0.2, 0) is 33.1 Å². The molecule has 0 amide bonds. The number of hydrogen-bond donors (Lipinski definition) is 1. The van der Waals surface area contributed by atoms with E-state index >= 15 is 0 Å². The fourth-order valence-corrected chi connectivity index (χ4v) is 1.89. The summed E-state index contributed by atoms with van der Waals surface area (Å²) in [5.74, 6) is 0. The quantitative estimate of drug-likeness (QED) is 0.598. The minimum absolute atomic E-state index is 0. The second-order valence-corrected chi connectivity index (χ2v) is 4.48. The molecule has 0 aliphatic carbocycles. The zero-order valence-corrected chi connectivity index (χ0v) is 13.3. The van der Waals surface area contributed by atoms with Gasteiger partial charge in [-0.2, -0.15) is 0 Å². The van der Waals surface area contributed by atoms with Gasteiger partial charge >= 0.3 is 7.82 Å². The first-order valence-corrected chi connectivity index (χ1v) is 6.10. The van der Waals surface area contributed by atoms with E-state index in [9.17, 15) is 9.46 Å². The van der Waals surface area contributed by atoms with Gasteiger partial charge in [-0.1, -0.05) is 13.8 Å². The molecule has 0 rings (SSSR count). The maximum atomic E-state index is 11.3. The number of hydrogen-bond acceptors (Lipinski definition) is 3. The van der Waals surface area contributed by atoms with Gasteiger partial charge in [-0.25, -0.2) is 4.57 Å². The molecule has 0 saturated heterocycles. The Labute approximate surface area is 98.7 Å². The monoisotopic (exact) mass is 274 g/mol. The molecule has 0 bridgehead atoms. The van der Waals surface area contributed by atoms with Gasteiger partial charge in [0, 0.05) is 19.5 Å². The first-order valence-electron chi connectivity index (χ1n) is 4.60. The van der Waals surface area contributed by atoms with Gasteiger partial charge < -0.3 is 4.89 Å². The Hall–Kier alpha value is 0.733. The minimum Gasteiger partial charge on any atom is -0.302 e. The number of phosphoric ester groups is 1. The Bertz CT molecular complexity index is 172. The van der Waals surface area contributed by atoms with Gasteiger partial charge in [0.2, 0.25) is 0 Å². The molecule has 0 aromatic carbocycles. The molecule has 0 aromatic rings. The smallest absolute Gasteiger partial charge is 0.302 e. The summed E-state index contributed by atoms with van der Waals surface area (Å²) in [6, 6.07) is 0. The molecule has 2 unspecified atom stereocenters. The zero-order valence-electron chi connectivity index (χ0n) is 9.40. The average Bonchev–Trinajstić information content (AvgIpc) is 2.02. The topological polar surface area (TPSA) is 55.8 Å². The summed E-state index contributed by atoms with van der Waals surface area (Å²) >= 11 is 0. The van der Waals surface area contributed by atoms with Crippen LogP contribution in [0, 0.1) is 0 Å². The molecule has 0 spiro atoms. The fourth-order valence-electron chi connectivity index (χ4n) is 0.629. The fraction of sp³-hybridized carbons (Fsp3) is 1.00. The van der Waals surface area contributed by atoms with E-state index in [2.05, 4.69) is 0 Å². The van der Waals surface area contributed by atoms with Gasteiger partial charge in [-0.15, -0.1) is 0 Å². The van der Waals surface area contributed by atoms with Gasteiger partial charge in [0.15, 0.2) is 0 Å². The van der Waals surface area contributed by atoms with Crippen molar-refractivity contribution in [2.24, 2.45) is 0 Å². The summed E-state index contributed by atoms with van der Waals surface area (Å²) < 4.78 is 21.0. The summed E-state index contributed by atoms with van der Waals surface area (Å²) in [6.07, 6.45) is 0.878. The Balaban J connectivity index is 0. The summed E-state index contributed by atoms with van der Waals surface area (Å²) in [7, 11) is -3.84. The molecule has 82 valence electrons. The maximum Gasteiger partial charge on any atom is 0.472 e. The van der Waals surface area contributed by atoms with Crippen LogP contribution in [0.15, 0.2) is 0 Å². The van der Waals surface area contributed by atoms with Gasteiger partial charge in [0.1, 0.15) is 0 Å². The van der Waals surface area contributed by atoms with Crippen molar-refractivity contribution in [1.82, 2.24) is 0 Å². The van der Waals surface area contributed by atoms with E-state index in [1.54, 1.807) is 13.8 Å². The van der Waals surface area contributed by atoms with Crippen LogP contribution >= 0.6 is 7.82 Å². The first-order chi connectivity index (χ1) is 5.91. The normalized spacial score (nSPS) is 19.2. The Kier molecular flexibility index (Phi) is 9.74. The molecule has 0 aliphatic rings. The minimum atomic E-state index is -3.84. The summed E-state index contributed by atoms with van der Waals surface area (Å²) in [5, 5.41) is 0. The van der Waals surface area contributed by atoms with E-state index in [-0.39, 0.29) is 31.7 Å². The molecule has 0 fully saturated rings. The molecule has 0 heterocycles. The summed E-state index contributed by atoms with van der Waals surface area (Å²) in [4.78, 5) is 9.23. The molecular weight excluding hydrogens is 256 g/mol. The van der Waals surface area contributed by atoms with Crippen molar-refractivity contribution in [2.45, 2.75) is 52.7 Å². The van der Waals surface area contributed by atoms with Gasteiger partial charge in [0.25, 0.3) is 0 Å². The predicted molar refractivity (Wildman–Crippen MR) is 51.5 cm³/mol. The molecule has 0 saturated carbocycles. The third kappa shape index (κ3) is 8.08. The molecule has 14 heavy (non-hydrogen) atoms. The maximum absolute atomic E-state index is 11.3. The standard InChI is InChI=1S/C8H19O4P.Zn/c1-5-7(3)11-13(9,10)12-8(4)6-2;/h7-8H,5-6H2,1-4H3,(H,9,10);. The second-order valence-electron chi connectivity index (χ2n) is 3.12. The van der Waals surface area contributed by atoms with Crippen molar-refractivity contribution in [3.63, 3.8) is 0 Å². The van der Waals surface area contributed by atoms with Gasteiger partial charge in [-0.3, -0.25) is 9.05 Å². The van der Waals surface area contributed by atoms with Crippen LogP contribution < -0.4 is 0 Å². The third-order valence-corrected chi connectivity index (χ3v) is 3.03. The Morgan fingerprint density at radius 2 is 1.43 bits per heavy atom. The first kappa shape index (κ1) is 17.1. The molecule has 6 heteroatoms. The number of phosphoric acid groups is 1. The van der Waals surface area contributed by atoms with E-state index in [0.29, 0.717) is 12.8 Å². The van der Waals surface area contributed by atoms with Crippen molar-refractivity contribution < 1.29 is 38.0 Å². The van der Waals surface area contributed by atoms with E-state index in [1.807, 2.05) is 13.8 Å². The zero-order chi connectivity index (χ0) is 10.5. The largest absolute Gasteiger partial charge is 0.472 e. The van der Waals surface area contributed by atoms with Crippen LogP contribution in [0.25, 0.3) is 0 Å². The molecule has 2 atom stereocenters. The average molecular weight is 276 g/mol. The van der Waals surface area contributed by atoms with Crippen molar-refractivity contribution in [1.29, 1.82) is 0 Å². The molecule has 0 aliphatic heterocycles. The van der Waals surface area contributed by atoms with Crippen LogP contribution in [0.1, 0.15) is 40.5 Å². The summed E-state index contributed by atoms with van der Waals surface area (Å²) in [6.45, 7) is 7.24. The van der Waals surface area contributed by atoms with Crippen molar-refractivity contribution in [3.8, 4) is 0 Å². The van der Waals surface area contributed by atoms with Crippen molar-refractivity contribution in [2.75, 3.05) is 0 Å². The van der Waals surface area contributed by atoms with Crippen molar-refractivity contribution >= 4 is 7.82 Å². The Morgan fingerprint density at radius 1 is 1.14 bits per heavy atom. The molecule has 0 radical (unpaired) electrons. The van der Waals surface area contributed by atoms with Crippen LogP contribution in [0.5, 0.6) is 0 Å². The SMILES string of the molecule is CCC(C)OP(=O)(O)OC(C)CC.[Zn]. The van der Waals surface area contributed by atoms with E-state index in [1.165, 1.54) is 0 Å². The van der Waals surface area contributed by atoms with Crippen molar-refractivity contribution in [3.05, 3.63) is 0 Å². The predicted octanol–water partition coefficient (Wildman–Crippen LogP) is 2.71. The molecule has 0 aromatic heterocycles. The summed E-state index contributed by atoms with van der Waals surface area (Å²) in [5.41, 5.74) is 0. The van der Waals surface area contributed by atoms with E-state index in [4.69, 9.17) is 9.05 Å². The number of rotatable bonds is 6. The molecule has 1 N–H and O–H groups in total.